The van der Waals surface area contributed by atoms with Crippen LogP contribution in [0.15, 0.2) is 64.0 Å². The maximum absolute atomic E-state index is 10.0. The van der Waals surface area contributed by atoms with Crippen molar-refractivity contribution in [2.45, 2.75) is 0 Å². The number of aromatic nitrogens is 1. The van der Waals surface area contributed by atoms with Gasteiger partial charge in [-0.15, -0.1) is 0 Å². The number of methoxy groups -OCH3 is 1. The van der Waals surface area contributed by atoms with E-state index in [0.717, 1.165) is 16.8 Å². The number of nitrogens with zero attached hydrogens (tertiary/aromatic N) is 2. The Balaban J connectivity index is 1.65. The third kappa shape index (κ3) is 3.67. The number of halogens is 2. The second-order valence-corrected chi connectivity index (χ2v) is 6.83. The number of aliphatic imine (C=N–C) groups is 1. The van der Waals surface area contributed by atoms with Gasteiger partial charge in [0.25, 0.3) is 0 Å². The number of phenols is 1. The van der Waals surface area contributed by atoms with Gasteiger partial charge in [0.15, 0.2) is 5.58 Å². The van der Waals surface area contributed by atoms with Crippen LogP contribution in [0.4, 0.5) is 5.69 Å². The number of hydrogen-bond acceptors (Lipinski definition) is 5. The van der Waals surface area contributed by atoms with Crippen molar-refractivity contribution in [1.29, 1.82) is 0 Å². The van der Waals surface area contributed by atoms with Gasteiger partial charge < -0.3 is 14.3 Å². The molecule has 3 aromatic carbocycles. The number of hydrogen-bond donors (Lipinski definition) is 1. The highest BCUT2D eigenvalue weighted by Gasteiger charge is 2.10. The van der Waals surface area contributed by atoms with Crippen LogP contribution in [0.2, 0.25) is 10.0 Å². The number of ether oxygens (including phenoxy) is 1. The van der Waals surface area contributed by atoms with Gasteiger partial charge in [-0.05, 0) is 48.5 Å². The van der Waals surface area contributed by atoms with Crippen LogP contribution < -0.4 is 4.74 Å². The Bertz CT molecular complexity index is 1180. The van der Waals surface area contributed by atoms with Gasteiger partial charge in [-0.1, -0.05) is 23.2 Å². The molecule has 0 amide bonds. The zero-order valence-electron chi connectivity index (χ0n) is 14.7. The summed E-state index contributed by atoms with van der Waals surface area (Å²) in [6.45, 7) is 0. The molecule has 0 radical (unpaired) electrons. The van der Waals surface area contributed by atoms with Crippen LogP contribution in [0.25, 0.3) is 22.6 Å². The fourth-order valence-corrected chi connectivity index (χ4v) is 3.19. The number of fused-ring (bicyclic) bond motifs is 1. The molecule has 1 heterocycles. The lowest BCUT2D eigenvalue weighted by atomic mass is 10.2. The third-order valence-corrected chi connectivity index (χ3v) is 4.63. The van der Waals surface area contributed by atoms with Crippen LogP contribution in [0.3, 0.4) is 0 Å². The minimum Gasteiger partial charge on any atom is -0.506 e. The molecule has 1 N–H and O–H groups in total. The minimum atomic E-state index is -0.0719. The highest BCUT2D eigenvalue weighted by Crippen LogP contribution is 2.31. The summed E-state index contributed by atoms with van der Waals surface area (Å²) in [6.07, 6.45) is 1.50. The Hall–Kier alpha value is -3.02. The van der Waals surface area contributed by atoms with Gasteiger partial charge in [-0.25, -0.2) is 4.98 Å². The lowest BCUT2D eigenvalue weighted by Gasteiger charge is -2.02. The zero-order chi connectivity index (χ0) is 19.7. The summed E-state index contributed by atoms with van der Waals surface area (Å²) < 4.78 is 11.0. The summed E-state index contributed by atoms with van der Waals surface area (Å²) in [5.74, 6) is 1.20. The van der Waals surface area contributed by atoms with Crippen LogP contribution in [-0.4, -0.2) is 23.4 Å². The summed E-state index contributed by atoms with van der Waals surface area (Å²) in [5.41, 5.74) is 3.24. The van der Waals surface area contributed by atoms with Gasteiger partial charge in [-0.3, -0.25) is 4.99 Å². The lowest BCUT2D eigenvalue weighted by molar-refractivity contribution is 0.415. The van der Waals surface area contributed by atoms with Crippen LogP contribution in [-0.2, 0) is 0 Å². The Morgan fingerprint density at radius 3 is 2.61 bits per heavy atom. The monoisotopic (exact) mass is 412 g/mol. The normalized spacial score (nSPS) is 11.4. The fourth-order valence-electron chi connectivity index (χ4n) is 2.68. The summed E-state index contributed by atoms with van der Waals surface area (Å²) in [5, 5.41) is 10.6. The highest BCUT2D eigenvalue weighted by atomic mass is 35.5. The molecule has 28 heavy (non-hydrogen) atoms. The Morgan fingerprint density at radius 2 is 1.86 bits per heavy atom. The van der Waals surface area contributed by atoms with Crippen molar-refractivity contribution >= 4 is 46.2 Å². The van der Waals surface area contributed by atoms with E-state index in [1.165, 1.54) is 12.3 Å². The number of oxazole rings is 1. The molecule has 0 aliphatic carbocycles. The Labute approximate surface area is 170 Å². The quantitative estimate of drug-likeness (QED) is 0.401. The molecular weight excluding hydrogens is 399 g/mol. The molecule has 0 unspecified atom stereocenters. The second kappa shape index (κ2) is 7.54. The molecule has 0 saturated heterocycles. The summed E-state index contributed by atoms with van der Waals surface area (Å²) in [4.78, 5) is 8.87. The fraction of sp³-hybridized carbons (Fsp3) is 0.0476. The van der Waals surface area contributed by atoms with Crippen molar-refractivity contribution in [2.75, 3.05) is 7.11 Å². The number of benzene rings is 3. The van der Waals surface area contributed by atoms with Crippen molar-refractivity contribution in [3.8, 4) is 23.0 Å². The summed E-state index contributed by atoms with van der Waals surface area (Å²) in [7, 11) is 1.62. The SMILES string of the molecule is COc1ccc(-c2nc3ccc(N=Cc4cc(Cl)cc(Cl)c4O)cc3o2)cc1. The van der Waals surface area contributed by atoms with Gasteiger partial charge in [0.1, 0.15) is 17.0 Å². The van der Waals surface area contributed by atoms with E-state index in [4.69, 9.17) is 32.4 Å². The predicted octanol–water partition coefficient (Wildman–Crippen LogP) is 6.27. The Morgan fingerprint density at radius 1 is 1.07 bits per heavy atom. The number of aromatic hydroxyl groups is 1. The number of rotatable bonds is 4. The van der Waals surface area contributed by atoms with Crippen molar-refractivity contribution in [1.82, 2.24) is 4.98 Å². The maximum atomic E-state index is 10.0. The largest absolute Gasteiger partial charge is 0.506 e. The molecule has 0 fully saturated rings. The maximum Gasteiger partial charge on any atom is 0.227 e. The number of phenolic OH excluding ortho intramolecular Hbond substituents is 1. The second-order valence-electron chi connectivity index (χ2n) is 5.98. The predicted molar refractivity (Wildman–Crippen MR) is 111 cm³/mol. The molecule has 140 valence electrons. The highest BCUT2D eigenvalue weighted by molar-refractivity contribution is 6.36. The molecule has 0 saturated carbocycles. The average molecular weight is 413 g/mol. The van der Waals surface area contributed by atoms with E-state index in [1.807, 2.05) is 36.4 Å². The van der Waals surface area contributed by atoms with Crippen molar-refractivity contribution in [2.24, 2.45) is 4.99 Å². The molecule has 1 aromatic heterocycles. The standard InChI is InChI=1S/C21H14Cl2N2O3/c1-27-16-5-2-12(3-6-16)21-25-18-7-4-15(10-19(18)28-21)24-11-13-8-14(22)9-17(23)20(13)26/h2-11,26H,1H3. The van der Waals surface area contributed by atoms with E-state index in [-0.39, 0.29) is 10.8 Å². The first kappa shape index (κ1) is 18.3. The Kier molecular flexibility index (Phi) is 4.94. The minimum absolute atomic E-state index is 0.0719. The first-order valence-electron chi connectivity index (χ1n) is 8.30. The van der Waals surface area contributed by atoms with Crippen LogP contribution in [0.5, 0.6) is 11.5 Å². The smallest absolute Gasteiger partial charge is 0.227 e. The van der Waals surface area contributed by atoms with Crippen molar-refractivity contribution in [3.63, 3.8) is 0 Å². The molecular formula is C21H14Cl2N2O3. The zero-order valence-corrected chi connectivity index (χ0v) is 16.2. The summed E-state index contributed by atoms with van der Waals surface area (Å²) in [6, 6.07) is 15.9. The molecule has 0 spiro atoms. The van der Waals surface area contributed by atoms with Gasteiger partial charge >= 0.3 is 0 Å². The first-order chi connectivity index (χ1) is 13.5. The topological polar surface area (TPSA) is 67.9 Å². The van der Waals surface area contributed by atoms with E-state index in [9.17, 15) is 5.11 Å². The van der Waals surface area contributed by atoms with Crippen molar-refractivity contribution in [3.05, 3.63) is 70.2 Å². The first-order valence-corrected chi connectivity index (χ1v) is 9.06. The van der Waals surface area contributed by atoms with Crippen LogP contribution in [0.1, 0.15) is 5.56 Å². The molecule has 0 aliphatic heterocycles. The molecule has 4 aromatic rings. The van der Waals surface area contributed by atoms with Crippen LogP contribution >= 0.6 is 23.2 Å². The molecule has 0 aliphatic rings. The van der Waals surface area contributed by atoms with E-state index < -0.39 is 0 Å². The average Bonchev–Trinajstić information content (AvgIpc) is 3.13. The van der Waals surface area contributed by atoms with E-state index in [1.54, 1.807) is 19.2 Å². The molecule has 4 rings (SSSR count). The molecule has 0 atom stereocenters. The molecule has 5 nitrogen and oxygen atoms in total. The summed E-state index contributed by atoms with van der Waals surface area (Å²) >= 11 is 11.9. The van der Waals surface area contributed by atoms with E-state index >= 15 is 0 Å². The van der Waals surface area contributed by atoms with E-state index in [0.29, 0.717) is 27.7 Å². The van der Waals surface area contributed by atoms with Gasteiger partial charge in [0.2, 0.25) is 5.89 Å². The molecule has 0 bridgehead atoms. The molecule has 7 heteroatoms. The van der Waals surface area contributed by atoms with Gasteiger partial charge in [0, 0.05) is 28.4 Å². The van der Waals surface area contributed by atoms with Gasteiger partial charge in [0.05, 0.1) is 17.8 Å². The third-order valence-electron chi connectivity index (χ3n) is 4.12. The lowest BCUT2D eigenvalue weighted by Crippen LogP contribution is -1.84. The van der Waals surface area contributed by atoms with Crippen LogP contribution in [0, 0.1) is 0 Å². The van der Waals surface area contributed by atoms with Gasteiger partial charge in [-0.2, -0.15) is 0 Å². The van der Waals surface area contributed by atoms with E-state index in [2.05, 4.69) is 9.98 Å². The van der Waals surface area contributed by atoms with Crippen molar-refractivity contribution < 1.29 is 14.3 Å².